The van der Waals surface area contributed by atoms with E-state index in [2.05, 4.69) is 4.98 Å². The third kappa shape index (κ3) is 1.72. The number of rotatable bonds is 1. The van der Waals surface area contributed by atoms with Gasteiger partial charge in [-0.25, -0.2) is 4.98 Å². The maximum absolute atomic E-state index is 11.9. The van der Waals surface area contributed by atoms with Crippen LogP contribution in [0.15, 0.2) is 60.9 Å². The van der Waals surface area contributed by atoms with E-state index in [4.69, 9.17) is 0 Å². The second kappa shape index (κ2) is 3.87. The van der Waals surface area contributed by atoms with Gasteiger partial charge in [0.05, 0.1) is 0 Å². The van der Waals surface area contributed by atoms with Gasteiger partial charge in [0, 0.05) is 23.2 Å². The average molecular weight is 222 g/mol. The largest absolute Gasteiger partial charge is 0.618 e. The summed E-state index contributed by atoms with van der Waals surface area (Å²) in [5, 5.41) is 12.9. The lowest BCUT2D eigenvalue weighted by Crippen LogP contribution is -2.28. The molecule has 0 aliphatic rings. The molecule has 2 heterocycles. The van der Waals surface area contributed by atoms with Crippen LogP contribution >= 0.6 is 0 Å². The van der Waals surface area contributed by atoms with Gasteiger partial charge >= 0.3 is 0 Å². The molecule has 2 aromatic heterocycles. The standard InChI is InChI=1S/C14H10N2O/c17-16-10-13-12(7-4-8-15-13)9-14(16)11-5-2-1-3-6-11/h1-10H. The molecule has 0 unspecified atom stereocenters. The summed E-state index contributed by atoms with van der Waals surface area (Å²) < 4.78 is 0.866. The Morgan fingerprint density at radius 2 is 1.82 bits per heavy atom. The summed E-state index contributed by atoms with van der Waals surface area (Å²) in [6.45, 7) is 0. The molecule has 3 nitrogen and oxygen atoms in total. The lowest BCUT2D eigenvalue weighted by Gasteiger charge is -2.05. The molecule has 3 rings (SSSR count). The Morgan fingerprint density at radius 3 is 2.65 bits per heavy atom. The first kappa shape index (κ1) is 9.78. The highest BCUT2D eigenvalue weighted by Crippen LogP contribution is 2.18. The van der Waals surface area contributed by atoms with Gasteiger partial charge in [-0.05, 0) is 18.2 Å². The highest BCUT2D eigenvalue weighted by Gasteiger charge is 2.10. The van der Waals surface area contributed by atoms with Crippen LogP contribution in [0.3, 0.4) is 0 Å². The van der Waals surface area contributed by atoms with Crippen molar-refractivity contribution >= 4 is 10.9 Å². The van der Waals surface area contributed by atoms with Crippen LogP contribution in [0.1, 0.15) is 0 Å². The number of nitrogens with zero attached hydrogens (tertiary/aromatic N) is 2. The third-order valence-corrected chi connectivity index (χ3v) is 2.71. The van der Waals surface area contributed by atoms with Crippen LogP contribution in [0.4, 0.5) is 0 Å². The van der Waals surface area contributed by atoms with Crippen LogP contribution in [-0.2, 0) is 0 Å². The molecule has 0 bridgehead atoms. The molecule has 3 heteroatoms. The number of fused-ring (bicyclic) bond motifs is 1. The highest BCUT2D eigenvalue weighted by atomic mass is 16.5. The van der Waals surface area contributed by atoms with E-state index in [9.17, 15) is 5.21 Å². The van der Waals surface area contributed by atoms with Crippen molar-refractivity contribution in [3.05, 3.63) is 66.1 Å². The van der Waals surface area contributed by atoms with Crippen molar-refractivity contribution in [2.75, 3.05) is 0 Å². The van der Waals surface area contributed by atoms with Crippen LogP contribution in [0.5, 0.6) is 0 Å². The van der Waals surface area contributed by atoms with Crippen molar-refractivity contribution < 1.29 is 4.73 Å². The molecule has 0 saturated carbocycles. The monoisotopic (exact) mass is 222 g/mol. The summed E-state index contributed by atoms with van der Waals surface area (Å²) >= 11 is 0. The van der Waals surface area contributed by atoms with Gasteiger partial charge in [-0.2, -0.15) is 4.73 Å². The average Bonchev–Trinajstić information content (AvgIpc) is 2.39. The zero-order chi connectivity index (χ0) is 11.7. The number of aromatic nitrogens is 2. The van der Waals surface area contributed by atoms with Crippen molar-refractivity contribution in [1.82, 2.24) is 4.98 Å². The van der Waals surface area contributed by atoms with Gasteiger partial charge in [0.1, 0.15) is 5.52 Å². The van der Waals surface area contributed by atoms with Crippen molar-refractivity contribution in [2.45, 2.75) is 0 Å². The summed E-state index contributed by atoms with van der Waals surface area (Å²) in [7, 11) is 0. The fourth-order valence-corrected chi connectivity index (χ4v) is 1.87. The van der Waals surface area contributed by atoms with E-state index in [0.29, 0.717) is 11.2 Å². The first-order valence-electron chi connectivity index (χ1n) is 5.38. The predicted octanol–water partition coefficient (Wildman–Crippen LogP) is 2.54. The fourth-order valence-electron chi connectivity index (χ4n) is 1.87. The van der Waals surface area contributed by atoms with E-state index in [1.165, 1.54) is 6.20 Å². The maximum atomic E-state index is 11.9. The van der Waals surface area contributed by atoms with Crippen molar-refractivity contribution in [3.63, 3.8) is 0 Å². The van der Waals surface area contributed by atoms with Gasteiger partial charge in [0.2, 0.25) is 11.9 Å². The topological polar surface area (TPSA) is 39.8 Å². The van der Waals surface area contributed by atoms with E-state index in [1.807, 2.05) is 48.5 Å². The first-order chi connectivity index (χ1) is 8.34. The van der Waals surface area contributed by atoms with E-state index in [0.717, 1.165) is 15.7 Å². The second-order valence-corrected chi connectivity index (χ2v) is 3.83. The van der Waals surface area contributed by atoms with Gasteiger partial charge in [-0.1, -0.05) is 24.3 Å². The molecule has 0 N–H and O–H groups in total. The second-order valence-electron chi connectivity index (χ2n) is 3.83. The quantitative estimate of drug-likeness (QED) is 0.469. The van der Waals surface area contributed by atoms with Gasteiger partial charge in [0.15, 0.2) is 0 Å². The van der Waals surface area contributed by atoms with Gasteiger partial charge < -0.3 is 5.21 Å². The summed E-state index contributed by atoms with van der Waals surface area (Å²) in [6, 6.07) is 15.3. The van der Waals surface area contributed by atoms with Crippen LogP contribution in [0, 0.1) is 5.21 Å². The Balaban J connectivity index is 2.27. The number of benzene rings is 1. The molecular weight excluding hydrogens is 212 g/mol. The maximum Gasteiger partial charge on any atom is 0.224 e. The summed E-state index contributed by atoms with van der Waals surface area (Å²) in [6.07, 6.45) is 3.20. The molecule has 0 aliphatic carbocycles. The molecule has 0 amide bonds. The minimum absolute atomic E-state index is 0.645. The van der Waals surface area contributed by atoms with Gasteiger partial charge in [0.25, 0.3) is 0 Å². The van der Waals surface area contributed by atoms with Crippen molar-refractivity contribution in [2.24, 2.45) is 0 Å². The minimum Gasteiger partial charge on any atom is -0.618 e. The molecule has 1 aromatic carbocycles. The number of hydrogen-bond donors (Lipinski definition) is 0. The normalized spacial score (nSPS) is 10.6. The van der Waals surface area contributed by atoms with Crippen LogP contribution in [0.2, 0.25) is 0 Å². The van der Waals surface area contributed by atoms with Crippen molar-refractivity contribution in [1.29, 1.82) is 0 Å². The zero-order valence-electron chi connectivity index (χ0n) is 9.08. The Labute approximate surface area is 98.6 Å². The molecule has 82 valence electrons. The SMILES string of the molecule is [O-][n+]1cc2ncccc2cc1-c1ccccc1. The highest BCUT2D eigenvalue weighted by molar-refractivity contribution is 5.80. The van der Waals surface area contributed by atoms with E-state index >= 15 is 0 Å². The zero-order valence-corrected chi connectivity index (χ0v) is 9.08. The number of hydrogen-bond acceptors (Lipinski definition) is 2. The molecule has 0 spiro atoms. The molecule has 0 atom stereocenters. The van der Waals surface area contributed by atoms with E-state index in [-0.39, 0.29) is 0 Å². The van der Waals surface area contributed by atoms with Gasteiger partial charge in [-0.3, -0.25) is 0 Å². The smallest absolute Gasteiger partial charge is 0.224 e. The van der Waals surface area contributed by atoms with Gasteiger partial charge in [-0.15, -0.1) is 0 Å². The molecular formula is C14H10N2O. The van der Waals surface area contributed by atoms with Crippen LogP contribution in [-0.4, -0.2) is 4.98 Å². The molecule has 0 fully saturated rings. The van der Waals surface area contributed by atoms with Crippen LogP contribution < -0.4 is 4.73 Å². The van der Waals surface area contributed by atoms with E-state index in [1.54, 1.807) is 6.20 Å². The summed E-state index contributed by atoms with van der Waals surface area (Å²) in [5.74, 6) is 0. The molecule has 0 saturated heterocycles. The van der Waals surface area contributed by atoms with Crippen molar-refractivity contribution in [3.8, 4) is 11.3 Å². The Bertz CT molecular complexity index is 665. The lowest BCUT2D eigenvalue weighted by atomic mass is 10.1. The lowest BCUT2D eigenvalue weighted by molar-refractivity contribution is -0.592. The van der Waals surface area contributed by atoms with Crippen LogP contribution in [0.25, 0.3) is 22.2 Å². The predicted molar refractivity (Wildman–Crippen MR) is 66.1 cm³/mol. The Kier molecular flexibility index (Phi) is 2.22. The fraction of sp³-hybridized carbons (Fsp3) is 0. The van der Waals surface area contributed by atoms with E-state index < -0.39 is 0 Å². The first-order valence-corrected chi connectivity index (χ1v) is 5.38. The minimum atomic E-state index is 0.645. The summed E-state index contributed by atoms with van der Waals surface area (Å²) in [5.41, 5.74) is 2.27. The summed E-state index contributed by atoms with van der Waals surface area (Å²) in [4.78, 5) is 4.16. The molecule has 17 heavy (non-hydrogen) atoms. The number of pyridine rings is 2. The third-order valence-electron chi connectivity index (χ3n) is 2.71. The molecule has 0 radical (unpaired) electrons. The Morgan fingerprint density at radius 1 is 1.00 bits per heavy atom. The molecule has 3 aromatic rings. The Hall–Kier alpha value is -2.42. The molecule has 0 aliphatic heterocycles.